The molecule has 1 atom stereocenters. The molecule has 0 aliphatic rings. The first kappa shape index (κ1) is 25.5. The third-order valence-corrected chi connectivity index (χ3v) is 6.36. The zero-order valence-electron chi connectivity index (χ0n) is 20.3. The van der Waals surface area contributed by atoms with Crippen LogP contribution < -0.4 is 4.90 Å². The molecule has 1 heterocycles. The van der Waals surface area contributed by atoms with Gasteiger partial charge in [-0.05, 0) is 67.8 Å². The molecule has 4 rings (SSSR count). The molecule has 0 saturated heterocycles. The van der Waals surface area contributed by atoms with Gasteiger partial charge in [-0.15, -0.1) is 0 Å². The quantitative estimate of drug-likeness (QED) is 0.341. The summed E-state index contributed by atoms with van der Waals surface area (Å²) in [6.07, 6.45) is -2.25. The van der Waals surface area contributed by atoms with Crippen molar-refractivity contribution in [2.45, 2.75) is 32.5 Å². The maximum absolute atomic E-state index is 14.5. The van der Waals surface area contributed by atoms with Gasteiger partial charge in [0.2, 0.25) is 5.60 Å². The van der Waals surface area contributed by atoms with Crippen molar-refractivity contribution in [3.05, 3.63) is 101 Å². The fraction of sp³-hybridized carbons (Fsp3) is 0.250. The third kappa shape index (κ3) is 4.62. The first-order valence-electron chi connectivity index (χ1n) is 11.5. The molecule has 0 radical (unpaired) electrons. The monoisotopic (exact) mass is 495 g/mol. The lowest BCUT2D eigenvalue weighted by atomic mass is 9.85. The summed E-state index contributed by atoms with van der Waals surface area (Å²) in [4.78, 5) is 1.52. The lowest BCUT2D eigenvalue weighted by Crippen LogP contribution is -2.44. The molecule has 1 aromatic heterocycles. The van der Waals surface area contributed by atoms with Crippen LogP contribution in [0.4, 0.5) is 18.9 Å². The number of benzene rings is 3. The van der Waals surface area contributed by atoms with Crippen LogP contribution in [0.2, 0.25) is 0 Å². The number of aliphatic hydroxyl groups excluding tert-OH is 1. The van der Waals surface area contributed by atoms with Crippen LogP contribution in [0, 0.1) is 13.8 Å². The summed E-state index contributed by atoms with van der Waals surface area (Å²) < 4.78 is 45.1. The van der Waals surface area contributed by atoms with Crippen molar-refractivity contribution in [3.63, 3.8) is 0 Å². The lowest BCUT2D eigenvalue weighted by Gasteiger charge is -2.34. The Balaban J connectivity index is 1.80. The van der Waals surface area contributed by atoms with Gasteiger partial charge in [0.05, 0.1) is 24.0 Å². The number of hydrogen-bond acceptors (Lipinski definition) is 4. The van der Waals surface area contributed by atoms with Crippen LogP contribution in [-0.2, 0) is 5.60 Å². The first-order valence-corrected chi connectivity index (χ1v) is 11.5. The van der Waals surface area contributed by atoms with E-state index < -0.39 is 11.8 Å². The fourth-order valence-electron chi connectivity index (χ4n) is 4.34. The predicted octanol–water partition coefficient (Wildman–Crippen LogP) is 5.79. The first-order chi connectivity index (χ1) is 17.1. The molecule has 0 fully saturated rings. The van der Waals surface area contributed by atoms with Crippen molar-refractivity contribution < 1.29 is 23.4 Å². The Morgan fingerprint density at radius 3 is 2.36 bits per heavy atom. The summed E-state index contributed by atoms with van der Waals surface area (Å²) in [5.74, 6) is 0. The molecule has 0 amide bonds. The second kappa shape index (κ2) is 9.79. The third-order valence-electron chi connectivity index (χ3n) is 6.36. The van der Waals surface area contributed by atoms with Crippen LogP contribution >= 0.6 is 0 Å². The number of aliphatic hydroxyl groups is 2. The number of para-hydroxylation sites is 1. The van der Waals surface area contributed by atoms with Crippen LogP contribution in [-0.4, -0.2) is 39.3 Å². The zero-order chi connectivity index (χ0) is 26.1. The van der Waals surface area contributed by atoms with Crippen LogP contribution in [0.25, 0.3) is 16.6 Å². The van der Waals surface area contributed by atoms with Crippen LogP contribution in [0.15, 0.2) is 84.7 Å². The van der Waals surface area contributed by atoms with Crippen molar-refractivity contribution in [1.29, 1.82) is 0 Å². The summed E-state index contributed by atoms with van der Waals surface area (Å²) in [5, 5.41) is 25.6. The summed E-state index contributed by atoms with van der Waals surface area (Å²) in [6.45, 7) is 4.84. The lowest BCUT2D eigenvalue weighted by molar-refractivity contribution is -0.250. The molecular weight excluding hydrogens is 467 g/mol. The van der Waals surface area contributed by atoms with E-state index >= 15 is 0 Å². The molecule has 0 aliphatic carbocycles. The summed E-state index contributed by atoms with van der Waals surface area (Å²) in [5.41, 5.74) is 0.0739. The van der Waals surface area contributed by atoms with E-state index in [1.54, 1.807) is 16.8 Å². The minimum atomic E-state index is -5.00. The van der Waals surface area contributed by atoms with Crippen molar-refractivity contribution in [1.82, 2.24) is 9.78 Å². The largest absolute Gasteiger partial charge is 0.425 e. The van der Waals surface area contributed by atoms with E-state index in [1.165, 1.54) is 42.4 Å². The van der Waals surface area contributed by atoms with Gasteiger partial charge in [-0.25, -0.2) is 4.68 Å². The minimum absolute atomic E-state index is 0.0679. The molecule has 5 nitrogen and oxygen atoms in total. The molecule has 3 aromatic carbocycles. The summed E-state index contributed by atoms with van der Waals surface area (Å²) in [7, 11) is 0. The number of rotatable bonds is 7. The molecule has 2 N–H and O–H groups in total. The normalized spacial score (nSPS) is 14.2. The van der Waals surface area contributed by atoms with E-state index in [0.29, 0.717) is 16.6 Å². The number of aryl methyl sites for hydroxylation is 2. The Labute approximate surface area is 207 Å². The number of aromatic nitrogens is 2. The molecule has 188 valence electrons. The highest BCUT2D eigenvalue weighted by Gasteiger charge is 2.56. The Hall–Kier alpha value is -3.62. The van der Waals surface area contributed by atoms with Crippen molar-refractivity contribution in [2.24, 2.45) is 0 Å². The van der Waals surface area contributed by atoms with Crippen molar-refractivity contribution >= 4 is 16.6 Å². The van der Waals surface area contributed by atoms with E-state index in [0.717, 1.165) is 16.8 Å². The van der Waals surface area contributed by atoms with E-state index in [4.69, 9.17) is 0 Å². The van der Waals surface area contributed by atoms with E-state index in [2.05, 4.69) is 5.10 Å². The van der Waals surface area contributed by atoms with Gasteiger partial charge >= 0.3 is 6.18 Å². The van der Waals surface area contributed by atoms with E-state index in [-0.39, 0.29) is 24.3 Å². The smallest absolute Gasteiger partial charge is 0.395 e. The van der Waals surface area contributed by atoms with Gasteiger partial charge in [0.25, 0.3) is 0 Å². The Morgan fingerprint density at radius 2 is 1.72 bits per heavy atom. The molecular formula is C28H28F3N3O2. The highest BCUT2D eigenvalue weighted by atomic mass is 19.4. The van der Waals surface area contributed by atoms with E-state index in [9.17, 15) is 23.4 Å². The fourth-order valence-corrected chi connectivity index (χ4v) is 4.34. The number of fused-ring (bicyclic) bond motifs is 1. The van der Waals surface area contributed by atoms with Gasteiger partial charge in [-0.3, -0.25) is 0 Å². The van der Waals surface area contributed by atoms with Gasteiger partial charge < -0.3 is 15.1 Å². The molecule has 8 heteroatoms. The number of nitrogens with zero attached hydrogens (tertiary/aromatic N) is 3. The molecule has 0 bridgehead atoms. The number of hydrogen-bond donors (Lipinski definition) is 2. The Kier molecular flexibility index (Phi) is 6.93. The molecule has 1 unspecified atom stereocenters. The van der Waals surface area contributed by atoms with Crippen LogP contribution in [0.5, 0.6) is 0 Å². The van der Waals surface area contributed by atoms with Crippen LogP contribution in [0.1, 0.15) is 23.6 Å². The maximum atomic E-state index is 14.5. The predicted molar refractivity (Wildman–Crippen MR) is 135 cm³/mol. The number of anilines is 1. The molecule has 0 spiro atoms. The number of halogens is 3. The van der Waals surface area contributed by atoms with Crippen molar-refractivity contribution in [2.75, 3.05) is 18.1 Å². The highest BCUT2D eigenvalue weighted by Crippen LogP contribution is 2.45. The average molecular weight is 496 g/mol. The van der Waals surface area contributed by atoms with Crippen molar-refractivity contribution in [3.8, 4) is 5.69 Å². The highest BCUT2D eigenvalue weighted by molar-refractivity contribution is 5.81. The summed E-state index contributed by atoms with van der Waals surface area (Å²) in [6, 6.07) is 19.0. The van der Waals surface area contributed by atoms with Crippen LogP contribution in [0.3, 0.4) is 0 Å². The van der Waals surface area contributed by atoms with Gasteiger partial charge in [0, 0.05) is 23.8 Å². The molecule has 0 saturated carbocycles. The van der Waals surface area contributed by atoms with Gasteiger partial charge in [0.1, 0.15) is 0 Å². The standard InChI is InChI=1S/C28H28F3N3O2/c1-19-8-11-24(12-9-19)34-26-13-10-23(16-22(26)17-32-34)27(36,28(29,30)31)21(3)18-33(14-15-35)25-7-5-4-6-20(25)2/h4-13,16-18,35-36H,14-15H2,1-3H3/b21-18+. The van der Waals surface area contributed by atoms with Gasteiger partial charge in [-0.2, -0.15) is 18.3 Å². The van der Waals surface area contributed by atoms with Gasteiger partial charge in [0.15, 0.2) is 0 Å². The topological polar surface area (TPSA) is 61.5 Å². The zero-order valence-corrected chi connectivity index (χ0v) is 20.3. The maximum Gasteiger partial charge on any atom is 0.425 e. The molecule has 0 aliphatic heterocycles. The average Bonchev–Trinajstić information content (AvgIpc) is 3.26. The summed E-state index contributed by atoms with van der Waals surface area (Å²) >= 11 is 0. The Morgan fingerprint density at radius 1 is 1.03 bits per heavy atom. The Bertz CT molecular complexity index is 1390. The SMILES string of the molecule is C/C(=C\N(CCO)c1ccccc1C)C(O)(c1ccc2c(cnn2-c2ccc(C)cc2)c1)C(F)(F)F. The molecule has 36 heavy (non-hydrogen) atoms. The second-order valence-corrected chi connectivity index (χ2v) is 8.89. The van der Waals surface area contributed by atoms with E-state index in [1.807, 2.05) is 50.2 Å². The van der Waals surface area contributed by atoms with Gasteiger partial charge in [-0.1, -0.05) is 42.0 Å². The minimum Gasteiger partial charge on any atom is -0.395 e. The number of alkyl halides is 3. The second-order valence-electron chi connectivity index (χ2n) is 8.89. The molecule has 4 aromatic rings.